The summed E-state index contributed by atoms with van der Waals surface area (Å²) in [4.78, 5) is 16.9. The van der Waals surface area contributed by atoms with Crippen molar-refractivity contribution in [3.8, 4) is 0 Å². The number of nitrogen functional groups attached to an aromatic ring is 1. The summed E-state index contributed by atoms with van der Waals surface area (Å²) in [6.45, 7) is 4.41. The molecule has 3 heterocycles. The van der Waals surface area contributed by atoms with E-state index in [-0.39, 0.29) is 5.78 Å². The SMILES string of the molecule is Cc1c(C(=O)c2ccc(Cl)cn2)c(N)n(Cc2cnn(C)c2)c1C. The molecule has 6 nitrogen and oxygen atoms in total. The van der Waals surface area contributed by atoms with Crippen molar-refractivity contribution in [1.82, 2.24) is 19.3 Å². The topological polar surface area (TPSA) is 78.7 Å². The van der Waals surface area contributed by atoms with Crippen LogP contribution in [0.2, 0.25) is 5.02 Å². The predicted octanol–water partition coefficient (Wildman–Crippen LogP) is 2.75. The molecular formula is C17H18ClN5O. The largest absolute Gasteiger partial charge is 0.384 e. The number of hydrogen-bond acceptors (Lipinski definition) is 4. The van der Waals surface area contributed by atoms with Crippen molar-refractivity contribution in [3.63, 3.8) is 0 Å². The number of ketones is 1. The quantitative estimate of drug-likeness (QED) is 0.739. The molecule has 3 aromatic heterocycles. The summed E-state index contributed by atoms with van der Waals surface area (Å²) in [6, 6.07) is 3.25. The van der Waals surface area contributed by atoms with E-state index in [1.54, 1.807) is 23.0 Å². The minimum Gasteiger partial charge on any atom is -0.384 e. The van der Waals surface area contributed by atoms with E-state index in [0.29, 0.717) is 28.6 Å². The molecule has 0 radical (unpaired) electrons. The zero-order chi connectivity index (χ0) is 17.4. The first-order chi connectivity index (χ1) is 11.4. The Morgan fingerprint density at radius 1 is 1.29 bits per heavy atom. The summed E-state index contributed by atoms with van der Waals surface area (Å²) in [5.41, 5.74) is 9.94. The van der Waals surface area contributed by atoms with Crippen molar-refractivity contribution in [2.75, 3.05) is 5.73 Å². The smallest absolute Gasteiger partial charge is 0.215 e. The lowest BCUT2D eigenvalue weighted by Crippen LogP contribution is -2.10. The molecule has 0 aliphatic heterocycles. The highest BCUT2D eigenvalue weighted by molar-refractivity contribution is 6.30. The number of carbonyl (C=O) groups excluding carboxylic acids is 1. The van der Waals surface area contributed by atoms with Gasteiger partial charge in [-0.15, -0.1) is 0 Å². The molecule has 0 saturated carbocycles. The molecule has 7 heteroatoms. The van der Waals surface area contributed by atoms with Gasteiger partial charge < -0.3 is 10.3 Å². The van der Waals surface area contributed by atoms with Crippen LogP contribution in [0.15, 0.2) is 30.7 Å². The van der Waals surface area contributed by atoms with Crippen LogP contribution in [0.1, 0.15) is 32.9 Å². The summed E-state index contributed by atoms with van der Waals surface area (Å²) >= 11 is 5.84. The summed E-state index contributed by atoms with van der Waals surface area (Å²) in [7, 11) is 1.86. The van der Waals surface area contributed by atoms with E-state index >= 15 is 0 Å². The number of pyridine rings is 1. The maximum atomic E-state index is 12.8. The summed E-state index contributed by atoms with van der Waals surface area (Å²) < 4.78 is 3.66. The molecule has 0 unspecified atom stereocenters. The van der Waals surface area contributed by atoms with Crippen molar-refractivity contribution in [2.24, 2.45) is 7.05 Å². The maximum absolute atomic E-state index is 12.8. The lowest BCUT2D eigenvalue weighted by Gasteiger charge is -2.07. The first-order valence-electron chi connectivity index (χ1n) is 7.47. The van der Waals surface area contributed by atoms with Gasteiger partial charge in [0.05, 0.1) is 23.3 Å². The predicted molar refractivity (Wildman–Crippen MR) is 93.3 cm³/mol. The van der Waals surface area contributed by atoms with E-state index in [9.17, 15) is 4.79 Å². The fourth-order valence-corrected chi connectivity index (χ4v) is 2.87. The second kappa shape index (κ2) is 6.13. The fourth-order valence-electron chi connectivity index (χ4n) is 2.76. The molecule has 124 valence electrons. The first kappa shape index (κ1) is 16.3. The normalized spacial score (nSPS) is 11.0. The van der Waals surface area contributed by atoms with Gasteiger partial charge in [-0.25, -0.2) is 0 Å². The molecule has 0 aliphatic rings. The van der Waals surface area contributed by atoms with Gasteiger partial charge in [-0.05, 0) is 31.5 Å². The summed E-state index contributed by atoms with van der Waals surface area (Å²) in [5.74, 6) is 0.241. The van der Waals surface area contributed by atoms with E-state index in [4.69, 9.17) is 17.3 Å². The standard InChI is InChI=1S/C17H18ClN5O/c1-10-11(2)23(9-12-6-21-22(3)8-12)17(19)15(10)16(24)14-5-4-13(18)7-20-14/h4-8H,9,19H2,1-3H3. The van der Waals surface area contributed by atoms with E-state index in [0.717, 1.165) is 16.8 Å². The van der Waals surface area contributed by atoms with Gasteiger partial charge in [0.1, 0.15) is 11.5 Å². The van der Waals surface area contributed by atoms with Crippen LogP contribution < -0.4 is 5.73 Å². The Labute approximate surface area is 144 Å². The molecule has 0 aromatic carbocycles. The van der Waals surface area contributed by atoms with E-state index in [2.05, 4.69) is 10.1 Å². The Hall–Kier alpha value is -2.60. The van der Waals surface area contributed by atoms with Gasteiger partial charge in [0.2, 0.25) is 5.78 Å². The lowest BCUT2D eigenvalue weighted by molar-refractivity contribution is 0.103. The van der Waals surface area contributed by atoms with Crippen LogP contribution in [0.5, 0.6) is 0 Å². The number of rotatable bonds is 4. The Morgan fingerprint density at radius 3 is 2.62 bits per heavy atom. The number of carbonyl (C=O) groups is 1. The average molecular weight is 344 g/mol. The van der Waals surface area contributed by atoms with Crippen LogP contribution in [-0.2, 0) is 13.6 Å². The second-order valence-corrected chi connectivity index (χ2v) is 6.21. The Kier molecular flexibility index (Phi) is 4.15. The number of aromatic nitrogens is 4. The third-order valence-electron chi connectivity index (χ3n) is 4.16. The fraction of sp³-hybridized carbons (Fsp3) is 0.235. The van der Waals surface area contributed by atoms with Gasteiger partial charge in [-0.3, -0.25) is 14.5 Å². The summed E-state index contributed by atoms with van der Waals surface area (Å²) in [5, 5.41) is 4.65. The van der Waals surface area contributed by atoms with Gasteiger partial charge in [-0.2, -0.15) is 5.10 Å². The van der Waals surface area contributed by atoms with Crippen molar-refractivity contribution in [1.29, 1.82) is 0 Å². The molecule has 0 aliphatic carbocycles. The van der Waals surface area contributed by atoms with Crippen LogP contribution in [0.3, 0.4) is 0 Å². The summed E-state index contributed by atoms with van der Waals surface area (Å²) in [6.07, 6.45) is 5.17. The maximum Gasteiger partial charge on any atom is 0.215 e. The minimum absolute atomic E-state index is 0.199. The molecule has 0 fully saturated rings. The van der Waals surface area contributed by atoms with Gasteiger partial charge in [0.25, 0.3) is 0 Å². The first-order valence-corrected chi connectivity index (χ1v) is 7.85. The number of anilines is 1. The third-order valence-corrected chi connectivity index (χ3v) is 4.38. The number of nitrogens with zero attached hydrogens (tertiary/aromatic N) is 4. The molecule has 3 rings (SSSR count). The Bertz CT molecular complexity index is 908. The molecule has 0 atom stereocenters. The van der Waals surface area contributed by atoms with Crippen molar-refractivity contribution >= 4 is 23.2 Å². The number of aryl methyl sites for hydroxylation is 1. The van der Waals surface area contributed by atoms with Gasteiger partial charge >= 0.3 is 0 Å². The van der Waals surface area contributed by atoms with E-state index in [1.807, 2.05) is 31.7 Å². The highest BCUT2D eigenvalue weighted by atomic mass is 35.5. The molecule has 3 aromatic rings. The van der Waals surface area contributed by atoms with E-state index < -0.39 is 0 Å². The lowest BCUT2D eigenvalue weighted by atomic mass is 10.1. The van der Waals surface area contributed by atoms with Crippen LogP contribution in [0.4, 0.5) is 5.82 Å². The van der Waals surface area contributed by atoms with Crippen molar-refractivity contribution in [3.05, 3.63) is 63.8 Å². The third kappa shape index (κ3) is 2.80. The Morgan fingerprint density at radius 2 is 2.04 bits per heavy atom. The molecule has 0 spiro atoms. The monoisotopic (exact) mass is 343 g/mol. The molecule has 0 amide bonds. The Balaban J connectivity index is 2.01. The van der Waals surface area contributed by atoms with Gasteiger partial charge in [0.15, 0.2) is 0 Å². The van der Waals surface area contributed by atoms with Crippen LogP contribution >= 0.6 is 11.6 Å². The molecule has 2 N–H and O–H groups in total. The van der Waals surface area contributed by atoms with E-state index in [1.165, 1.54) is 6.20 Å². The number of halogens is 1. The van der Waals surface area contributed by atoms with Crippen molar-refractivity contribution < 1.29 is 4.79 Å². The number of hydrogen-bond donors (Lipinski definition) is 1. The molecule has 0 bridgehead atoms. The molecule has 24 heavy (non-hydrogen) atoms. The van der Waals surface area contributed by atoms with Crippen molar-refractivity contribution in [2.45, 2.75) is 20.4 Å². The van der Waals surface area contributed by atoms with Gasteiger partial charge in [-0.1, -0.05) is 11.6 Å². The van der Waals surface area contributed by atoms with Crippen LogP contribution in [-0.4, -0.2) is 25.1 Å². The zero-order valence-corrected chi connectivity index (χ0v) is 14.5. The zero-order valence-electron chi connectivity index (χ0n) is 13.7. The van der Waals surface area contributed by atoms with Gasteiger partial charge in [0, 0.05) is 30.7 Å². The highest BCUT2D eigenvalue weighted by Gasteiger charge is 2.23. The minimum atomic E-state index is -0.199. The molecule has 0 saturated heterocycles. The van der Waals surface area contributed by atoms with Crippen LogP contribution in [0.25, 0.3) is 0 Å². The van der Waals surface area contributed by atoms with Crippen LogP contribution in [0, 0.1) is 13.8 Å². The second-order valence-electron chi connectivity index (χ2n) is 5.77. The average Bonchev–Trinajstić information content (AvgIpc) is 3.05. The molecular weight excluding hydrogens is 326 g/mol. The highest BCUT2D eigenvalue weighted by Crippen LogP contribution is 2.27. The number of nitrogens with two attached hydrogens (primary N) is 1.